The van der Waals surface area contributed by atoms with Crippen LogP contribution in [-0.4, -0.2) is 73.3 Å². The normalized spacial score (nSPS) is 32.5. The minimum absolute atomic E-state index is 0.0114. The fourth-order valence-electron chi connectivity index (χ4n) is 7.70. The summed E-state index contributed by atoms with van der Waals surface area (Å²) >= 11 is 7.15. The van der Waals surface area contributed by atoms with E-state index in [4.69, 9.17) is 18.9 Å². The number of rotatable bonds is 6. The van der Waals surface area contributed by atoms with Gasteiger partial charge >= 0.3 is 23.9 Å². The number of thioether (sulfide) groups is 4. The van der Waals surface area contributed by atoms with E-state index in [-0.39, 0.29) is 44.7 Å². The van der Waals surface area contributed by atoms with E-state index < -0.39 is 23.9 Å². The molecule has 7 rings (SSSR count). The van der Waals surface area contributed by atoms with Gasteiger partial charge in [-0.1, -0.05) is 24.3 Å². The Morgan fingerprint density at radius 2 is 0.773 bits per heavy atom. The third kappa shape index (κ3) is 4.70. The smallest absolute Gasteiger partial charge is 0.334 e. The molecular weight excluding hydrogens is 641 g/mol. The van der Waals surface area contributed by atoms with Crippen LogP contribution in [0.5, 0.6) is 0 Å². The second-order valence-corrected chi connectivity index (χ2v) is 16.8. The van der Waals surface area contributed by atoms with Crippen LogP contribution in [0, 0.1) is 23.7 Å². The molecule has 8 unspecified atom stereocenters. The van der Waals surface area contributed by atoms with E-state index in [1.807, 2.05) is 0 Å². The number of carbonyl (C=O) groups excluding carboxylic acids is 4. The van der Waals surface area contributed by atoms with Crippen LogP contribution >= 0.6 is 47.0 Å². The number of fused-ring (bicyclic) bond motifs is 10. The van der Waals surface area contributed by atoms with Crippen molar-refractivity contribution in [2.45, 2.75) is 33.8 Å². The maximum atomic E-state index is 12.6. The summed E-state index contributed by atoms with van der Waals surface area (Å²) in [6, 6.07) is 8.40. The van der Waals surface area contributed by atoms with Gasteiger partial charge in [-0.25, -0.2) is 19.2 Å². The van der Waals surface area contributed by atoms with Crippen LogP contribution in [0.4, 0.5) is 0 Å². The lowest BCUT2D eigenvalue weighted by Gasteiger charge is -2.25. The molecule has 0 N–H and O–H groups in total. The molecule has 0 radical (unpaired) electrons. The van der Waals surface area contributed by atoms with Gasteiger partial charge < -0.3 is 18.9 Å². The van der Waals surface area contributed by atoms with Crippen molar-refractivity contribution in [1.29, 1.82) is 0 Å². The molecule has 2 saturated carbocycles. The molecule has 230 valence electrons. The maximum Gasteiger partial charge on any atom is 0.334 e. The van der Waals surface area contributed by atoms with E-state index in [9.17, 15) is 19.2 Å². The number of hydrogen-bond acceptors (Lipinski definition) is 12. The number of carbonyl (C=O) groups is 4. The van der Waals surface area contributed by atoms with Crippen LogP contribution in [0.25, 0.3) is 12.2 Å². The highest BCUT2D eigenvalue weighted by Crippen LogP contribution is 2.66. The fourth-order valence-corrected chi connectivity index (χ4v) is 15.0. The average molecular weight is 671 g/mol. The average Bonchev–Trinajstić information content (AvgIpc) is 3.87. The van der Waals surface area contributed by atoms with Gasteiger partial charge in [0.15, 0.2) is 0 Å². The highest BCUT2D eigenvalue weighted by atomic mass is 32.2. The van der Waals surface area contributed by atoms with Crippen molar-refractivity contribution >= 4 is 83.1 Å². The first-order valence-corrected chi connectivity index (χ1v) is 17.8. The van der Waals surface area contributed by atoms with E-state index in [1.165, 1.54) is 36.9 Å². The summed E-state index contributed by atoms with van der Waals surface area (Å²) in [6.45, 7) is 0. The zero-order valence-corrected chi connectivity index (χ0v) is 27.7. The number of benzene rings is 1. The first-order chi connectivity index (χ1) is 21.3. The number of ether oxygens (including phenoxy) is 4. The van der Waals surface area contributed by atoms with Crippen LogP contribution in [0.3, 0.4) is 0 Å². The molecule has 6 aliphatic rings. The van der Waals surface area contributed by atoms with Gasteiger partial charge in [-0.15, -0.1) is 47.0 Å². The molecule has 12 heteroatoms. The molecular formula is C32H30O8S4. The fraction of sp³-hybridized carbons (Fsp3) is 0.438. The van der Waals surface area contributed by atoms with Gasteiger partial charge in [0.05, 0.1) is 50.7 Å². The SMILES string of the molecule is COC(=O)C1=C(C(=O)OC)C2CC1C1SC(=Cc3ccc(C=C4SC5C6CC(C(C(=O)OC)=C6C(=O)OC)C5S4)cc3)SC21. The van der Waals surface area contributed by atoms with Crippen LogP contribution in [0.1, 0.15) is 24.0 Å². The maximum absolute atomic E-state index is 12.6. The summed E-state index contributed by atoms with van der Waals surface area (Å²) in [6.07, 6.45) is 5.92. The quantitative estimate of drug-likeness (QED) is 0.290. The molecule has 0 spiro atoms. The van der Waals surface area contributed by atoms with Crippen molar-refractivity contribution < 1.29 is 38.1 Å². The highest BCUT2D eigenvalue weighted by molar-refractivity contribution is 8.26. The van der Waals surface area contributed by atoms with Gasteiger partial charge in [0, 0.05) is 53.1 Å². The van der Waals surface area contributed by atoms with E-state index in [0.29, 0.717) is 22.3 Å². The van der Waals surface area contributed by atoms with Crippen molar-refractivity contribution in [3.63, 3.8) is 0 Å². The Balaban J connectivity index is 1.04. The Morgan fingerprint density at radius 1 is 0.523 bits per heavy atom. The number of hydrogen-bond donors (Lipinski definition) is 0. The van der Waals surface area contributed by atoms with Crippen molar-refractivity contribution in [1.82, 2.24) is 0 Å². The van der Waals surface area contributed by atoms with Crippen molar-refractivity contribution in [2.75, 3.05) is 28.4 Å². The van der Waals surface area contributed by atoms with Crippen LogP contribution in [0.15, 0.2) is 55.0 Å². The van der Waals surface area contributed by atoms with Crippen molar-refractivity contribution in [2.24, 2.45) is 23.7 Å². The Kier molecular flexibility index (Phi) is 7.99. The molecule has 4 aliphatic carbocycles. The van der Waals surface area contributed by atoms with Gasteiger partial charge in [0.25, 0.3) is 0 Å². The summed E-state index contributed by atoms with van der Waals surface area (Å²) < 4.78 is 22.5. The lowest BCUT2D eigenvalue weighted by Crippen LogP contribution is -2.32. The first-order valence-electron chi connectivity index (χ1n) is 14.3. The lowest BCUT2D eigenvalue weighted by atomic mass is 9.91. The van der Waals surface area contributed by atoms with Crippen LogP contribution < -0.4 is 0 Å². The van der Waals surface area contributed by atoms with E-state index in [2.05, 4.69) is 36.4 Å². The minimum Gasteiger partial charge on any atom is -0.466 e. The molecule has 8 atom stereocenters. The molecule has 0 aromatic heterocycles. The predicted molar refractivity (Wildman–Crippen MR) is 173 cm³/mol. The molecule has 1 aromatic rings. The van der Waals surface area contributed by atoms with Crippen molar-refractivity contribution in [3.05, 3.63) is 66.2 Å². The molecule has 4 fully saturated rings. The van der Waals surface area contributed by atoms with Gasteiger partial charge in [0.2, 0.25) is 0 Å². The second-order valence-electron chi connectivity index (χ2n) is 11.4. The summed E-state index contributed by atoms with van der Waals surface area (Å²) in [7, 11) is 5.42. The van der Waals surface area contributed by atoms with Gasteiger partial charge in [-0.2, -0.15) is 0 Å². The molecule has 8 nitrogen and oxygen atoms in total. The molecule has 44 heavy (non-hydrogen) atoms. The molecule has 4 bridgehead atoms. The minimum atomic E-state index is -0.428. The van der Waals surface area contributed by atoms with E-state index >= 15 is 0 Å². The molecule has 2 aliphatic heterocycles. The number of methoxy groups -OCH3 is 4. The Hall–Kier alpha value is -2.54. The lowest BCUT2D eigenvalue weighted by molar-refractivity contribution is -0.139. The standard InChI is InChI=1S/C32H30O8S4/c1-37-29(33)21-15-11-16(22(21)30(34)38-2)26-25(15)41-19(42-26)9-13-5-7-14(8-6-13)10-20-43-27-17-12-18(28(27)44-20)24(32(36)40-4)23(17)31(35)39-3/h5-10,15-18,25-28H,11-12H2,1-4H3. The second kappa shape index (κ2) is 11.7. The first kappa shape index (κ1) is 30.1. The van der Waals surface area contributed by atoms with Gasteiger partial charge in [-0.3, -0.25) is 0 Å². The summed E-state index contributed by atoms with van der Waals surface area (Å²) in [5, 5.41) is 0.899. The predicted octanol–water partition coefficient (Wildman–Crippen LogP) is 5.30. The van der Waals surface area contributed by atoms with E-state index in [1.54, 1.807) is 47.0 Å². The van der Waals surface area contributed by atoms with Crippen LogP contribution in [0.2, 0.25) is 0 Å². The zero-order valence-electron chi connectivity index (χ0n) is 24.4. The van der Waals surface area contributed by atoms with Crippen molar-refractivity contribution in [3.8, 4) is 0 Å². The van der Waals surface area contributed by atoms with Gasteiger partial charge in [0.1, 0.15) is 0 Å². The molecule has 0 amide bonds. The monoisotopic (exact) mass is 670 g/mol. The molecule has 1 aromatic carbocycles. The third-order valence-corrected chi connectivity index (χ3v) is 15.9. The summed E-state index contributed by atoms with van der Waals surface area (Å²) in [5.74, 6) is -1.76. The molecule has 2 saturated heterocycles. The number of esters is 4. The zero-order chi connectivity index (χ0) is 30.9. The Bertz CT molecular complexity index is 1390. The summed E-state index contributed by atoms with van der Waals surface area (Å²) in [4.78, 5) is 50.3. The largest absolute Gasteiger partial charge is 0.466 e. The summed E-state index contributed by atoms with van der Waals surface area (Å²) in [5.41, 5.74) is 4.15. The Labute approximate surface area is 272 Å². The molecule has 2 heterocycles. The van der Waals surface area contributed by atoms with Crippen LogP contribution in [-0.2, 0) is 38.1 Å². The Morgan fingerprint density at radius 3 is 1.00 bits per heavy atom. The van der Waals surface area contributed by atoms with Gasteiger partial charge in [-0.05, 0) is 36.1 Å². The van der Waals surface area contributed by atoms with E-state index in [0.717, 1.165) is 24.0 Å². The highest BCUT2D eigenvalue weighted by Gasteiger charge is 2.60. The third-order valence-electron chi connectivity index (χ3n) is 9.45. The topological polar surface area (TPSA) is 105 Å².